The van der Waals surface area contributed by atoms with Gasteiger partial charge in [0.25, 0.3) is 5.96 Å². The second kappa shape index (κ2) is 2.48. The molecule has 2 aliphatic heterocycles. The number of hydrogen-bond donors (Lipinski definition) is 1. The molecule has 3 nitrogen and oxygen atoms in total. The van der Waals surface area contributed by atoms with Gasteiger partial charge in [0.2, 0.25) is 0 Å². The third kappa shape index (κ3) is 1.13. The maximum atomic E-state index is 4.50. The average Bonchev–Trinajstić information content (AvgIpc) is 2.03. The summed E-state index contributed by atoms with van der Waals surface area (Å²) >= 11 is 0. The van der Waals surface area contributed by atoms with Crippen molar-refractivity contribution in [2.75, 3.05) is 33.2 Å². The van der Waals surface area contributed by atoms with E-state index in [1.165, 1.54) is 31.9 Å². The molecule has 11 heavy (non-hydrogen) atoms. The number of hydrogen-bond acceptors (Lipinski definition) is 2. The molecule has 62 valence electrons. The Hall–Kier alpha value is -0.570. The van der Waals surface area contributed by atoms with Gasteiger partial charge in [0.15, 0.2) is 0 Å². The van der Waals surface area contributed by atoms with Gasteiger partial charge in [0.05, 0.1) is 26.7 Å². The second-order valence-electron chi connectivity index (χ2n) is 3.68. The van der Waals surface area contributed by atoms with E-state index in [9.17, 15) is 0 Å². The van der Waals surface area contributed by atoms with E-state index in [0.29, 0.717) is 0 Å². The van der Waals surface area contributed by atoms with Crippen molar-refractivity contribution in [3.63, 3.8) is 0 Å². The number of quaternary nitrogens is 1. The van der Waals surface area contributed by atoms with Crippen LogP contribution in [0.1, 0.15) is 12.8 Å². The predicted molar refractivity (Wildman–Crippen MR) is 45.5 cm³/mol. The molecule has 0 aromatic heterocycles. The van der Waals surface area contributed by atoms with Gasteiger partial charge < -0.3 is 5.32 Å². The maximum absolute atomic E-state index is 4.50. The van der Waals surface area contributed by atoms with Crippen LogP contribution in [-0.2, 0) is 0 Å². The Morgan fingerprint density at radius 1 is 1.36 bits per heavy atom. The van der Waals surface area contributed by atoms with Crippen molar-refractivity contribution >= 4 is 5.96 Å². The smallest absolute Gasteiger partial charge is 0.297 e. The van der Waals surface area contributed by atoms with Crippen LogP contribution >= 0.6 is 0 Å². The Morgan fingerprint density at radius 2 is 2.18 bits per heavy atom. The zero-order valence-corrected chi connectivity index (χ0v) is 7.14. The van der Waals surface area contributed by atoms with Crippen LogP contribution in [0.3, 0.4) is 0 Å². The van der Waals surface area contributed by atoms with Crippen LogP contribution in [0, 0.1) is 0 Å². The van der Waals surface area contributed by atoms with Crippen molar-refractivity contribution in [3.8, 4) is 0 Å². The van der Waals surface area contributed by atoms with Crippen molar-refractivity contribution in [1.82, 2.24) is 5.32 Å². The summed E-state index contributed by atoms with van der Waals surface area (Å²) < 4.78 is 1.06. The lowest BCUT2D eigenvalue weighted by Gasteiger charge is -2.39. The summed E-state index contributed by atoms with van der Waals surface area (Å²) in [6.45, 7) is 4.68. The number of nitrogens with zero attached hydrogens (tertiary/aromatic N) is 2. The lowest BCUT2D eigenvalue weighted by Crippen LogP contribution is -2.61. The van der Waals surface area contributed by atoms with Gasteiger partial charge in [-0.1, -0.05) is 0 Å². The largest absolute Gasteiger partial charge is 0.324 e. The summed E-state index contributed by atoms with van der Waals surface area (Å²) in [7, 11) is 2.28. The highest BCUT2D eigenvalue weighted by Gasteiger charge is 2.33. The highest BCUT2D eigenvalue weighted by molar-refractivity contribution is 5.73. The van der Waals surface area contributed by atoms with E-state index in [0.717, 1.165) is 17.6 Å². The minimum atomic E-state index is 1.02. The zero-order valence-electron chi connectivity index (χ0n) is 7.14. The molecule has 0 amide bonds. The first-order chi connectivity index (χ1) is 5.31. The Bertz CT molecular complexity index is 188. The molecule has 0 spiro atoms. The SMILES string of the molecule is C[N+]12CCCN=C1NCCC2. The molecule has 1 N–H and O–H groups in total. The normalized spacial score (nSPS) is 37.0. The van der Waals surface area contributed by atoms with Crippen molar-refractivity contribution in [2.45, 2.75) is 12.8 Å². The molecule has 0 bridgehead atoms. The summed E-state index contributed by atoms with van der Waals surface area (Å²) in [4.78, 5) is 4.50. The summed E-state index contributed by atoms with van der Waals surface area (Å²) in [5.74, 6) is 1.22. The lowest BCUT2D eigenvalue weighted by atomic mass is 10.2. The fourth-order valence-electron chi connectivity index (χ4n) is 1.97. The maximum Gasteiger partial charge on any atom is 0.297 e. The van der Waals surface area contributed by atoms with Gasteiger partial charge in [-0.15, -0.1) is 0 Å². The molecule has 0 saturated carbocycles. The molecular weight excluding hydrogens is 138 g/mol. The molecule has 0 aromatic rings. The first-order valence-corrected chi connectivity index (χ1v) is 4.45. The Balaban J connectivity index is 2.22. The van der Waals surface area contributed by atoms with Crippen molar-refractivity contribution in [1.29, 1.82) is 0 Å². The third-order valence-electron chi connectivity index (χ3n) is 2.69. The molecule has 0 aromatic carbocycles. The van der Waals surface area contributed by atoms with Gasteiger partial charge in [0, 0.05) is 19.4 Å². The van der Waals surface area contributed by atoms with Gasteiger partial charge in [-0.05, 0) is 0 Å². The van der Waals surface area contributed by atoms with E-state index in [1.54, 1.807) is 0 Å². The molecule has 3 heteroatoms. The predicted octanol–water partition coefficient (Wildman–Crippen LogP) is 0.186. The van der Waals surface area contributed by atoms with Crippen LogP contribution in [0.25, 0.3) is 0 Å². The van der Waals surface area contributed by atoms with E-state index >= 15 is 0 Å². The minimum Gasteiger partial charge on any atom is -0.324 e. The summed E-state index contributed by atoms with van der Waals surface area (Å²) in [5, 5.41) is 3.38. The van der Waals surface area contributed by atoms with E-state index in [2.05, 4.69) is 17.4 Å². The fourth-order valence-corrected chi connectivity index (χ4v) is 1.97. The number of guanidine groups is 1. The van der Waals surface area contributed by atoms with Gasteiger partial charge in [-0.3, -0.25) is 4.48 Å². The lowest BCUT2D eigenvalue weighted by molar-refractivity contribution is -0.828. The molecule has 2 rings (SSSR count). The van der Waals surface area contributed by atoms with E-state index in [4.69, 9.17) is 0 Å². The fraction of sp³-hybridized carbons (Fsp3) is 0.875. The molecule has 2 aliphatic rings. The average molecular weight is 154 g/mol. The van der Waals surface area contributed by atoms with E-state index < -0.39 is 0 Å². The summed E-state index contributed by atoms with van der Waals surface area (Å²) in [5.41, 5.74) is 0. The third-order valence-corrected chi connectivity index (χ3v) is 2.69. The highest BCUT2D eigenvalue weighted by Crippen LogP contribution is 2.14. The Kier molecular flexibility index (Phi) is 1.60. The molecule has 1 unspecified atom stereocenters. The molecule has 0 radical (unpaired) electrons. The van der Waals surface area contributed by atoms with Crippen molar-refractivity contribution < 1.29 is 4.48 Å². The second-order valence-corrected chi connectivity index (χ2v) is 3.68. The van der Waals surface area contributed by atoms with Crippen LogP contribution in [0.2, 0.25) is 0 Å². The highest BCUT2D eigenvalue weighted by atomic mass is 15.5. The quantitative estimate of drug-likeness (QED) is 0.495. The first-order valence-electron chi connectivity index (χ1n) is 4.45. The van der Waals surface area contributed by atoms with Crippen LogP contribution in [0.4, 0.5) is 0 Å². The number of nitrogens with one attached hydrogen (secondary N) is 1. The minimum absolute atomic E-state index is 1.02. The Morgan fingerprint density at radius 3 is 3.00 bits per heavy atom. The van der Waals surface area contributed by atoms with Gasteiger partial charge in [-0.25, -0.2) is 4.99 Å². The van der Waals surface area contributed by atoms with Crippen LogP contribution in [-0.4, -0.2) is 43.7 Å². The van der Waals surface area contributed by atoms with Crippen molar-refractivity contribution in [3.05, 3.63) is 0 Å². The molecule has 0 aliphatic carbocycles. The molecule has 1 saturated heterocycles. The van der Waals surface area contributed by atoms with Crippen LogP contribution in [0.5, 0.6) is 0 Å². The topological polar surface area (TPSA) is 24.4 Å². The van der Waals surface area contributed by atoms with Gasteiger partial charge in [-0.2, -0.15) is 0 Å². The van der Waals surface area contributed by atoms with Gasteiger partial charge in [0.1, 0.15) is 0 Å². The van der Waals surface area contributed by atoms with E-state index in [-0.39, 0.29) is 0 Å². The van der Waals surface area contributed by atoms with Crippen LogP contribution in [0.15, 0.2) is 4.99 Å². The number of aliphatic imine (C=N–C) groups is 1. The van der Waals surface area contributed by atoms with Crippen molar-refractivity contribution in [2.24, 2.45) is 4.99 Å². The molecular formula is C8H16N3+. The molecule has 1 fully saturated rings. The van der Waals surface area contributed by atoms with E-state index in [1.807, 2.05) is 0 Å². The standard InChI is InChI=1S/C8H16N3/c1-11-6-2-4-9-8(11)10-5-3-7-11/h2-7H2,1H3,(H,9,10)/q+1. The summed E-state index contributed by atoms with van der Waals surface area (Å²) in [6, 6.07) is 0. The van der Waals surface area contributed by atoms with Gasteiger partial charge >= 0.3 is 0 Å². The molecule has 1 atom stereocenters. The monoisotopic (exact) mass is 154 g/mol. The molecule has 2 heterocycles. The zero-order chi connectivity index (χ0) is 7.73. The van der Waals surface area contributed by atoms with Crippen LogP contribution < -0.4 is 5.32 Å². The number of rotatable bonds is 0. The summed E-state index contributed by atoms with van der Waals surface area (Å²) in [6.07, 6.45) is 2.54. The Labute approximate surface area is 67.7 Å². The first kappa shape index (κ1) is 7.10. The number of fused-ring (bicyclic) bond motifs is 1.